The van der Waals surface area contributed by atoms with E-state index in [0.29, 0.717) is 11.3 Å². The van der Waals surface area contributed by atoms with Gasteiger partial charge in [-0.25, -0.2) is 9.18 Å². The summed E-state index contributed by atoms with van der Waals surface area (Å²) in [5.41, 5.74) is 1.08. The van der Waals surface area contributed by atoms with Crippen LogP contribution in [0.2, 0.25) is 0 Å². The van der Waals surface area contributed by atoms with Crippen molar-refractivity contribution in [2.45, 2.75) is 10.6 Å². The lowest BCUT2D eigenvalue weighted by atomic mass is 10.1. The van der Waals surface area contributed by atoms with Gasteiger partial charge in [0, 0.05) is 10.6 Å². The fourth-order valence-corrected chi connectivity index (χ4v) is 2.45. The van der Waals surface area contributed by atoms with Gasteiger partial charge in [0.25, 0.3) is 0 Å². The van der Waals surface area contributed by atoms with Crippen LogP contribution in [-0.2, 0) is 5.75 Å². The average Bonchev–Trinajstić information content (AvgIpc) is 2.38. The van der Waals surface area contributed by atoms with Gasteiger partial charge in [0.05, 0.1) is 5.56 Å². The van der Waals surface area contributed by atoms with Gasteiger partial charge < -0.3 is 5.11 Å². The van der Waals surface area contributed by atoms with E-state index in [2.05, 4.69) is 0 Å². The molecule has 18 heavy (non-hydrogen) atoms. The van der Waals surface area contributed by atoms with E-state index in [1.54, 1.807) is 30.3 Å². The second-order valence-electron chi connectivity index (χ2n) is 3.70. The van der Waals surface area contributed by atoms with Gasteiger partial charge in [-0.1, -0.05) is 18.2 Å². The Kier molecular flexibility index (Phi) is 3.99. The highest BCUT2D eigenvalue weighted by Crippen LogP contribution is 2.24. The van der Waals surface area contributed by atoms with Crippen LogP contribution in [0.3, 0.4) is 0 Å². The average molecular weight is 262 g/mol. The molecule has 0 aromatic heterocycles. The number of aromatic carboxylic acids is 1. The summed E-state index contributed by atoms with van der Waals surface area (Å²) >= 11 is 1.48. The SMILES string of the molecule is O=C(O)c1ccccc1CSc1ccc(F)cc1. The number of carboxylic acid groups (broad SMARTS) is 1. The summed E-state index contributed by atoms with van der Waals surface area (Å²) in [6.45, 7) is 0. The van der Waals surface area contributed by atoms with Crippen molar-refractivity contribution >= 4 is 17.7 Å². The third kappa shape index (κ3) is 3.11. The molecule has 0 bridgehead atoms. The van der Waals surface area contributed by atoms with E-state index in [9.17, 15) is 9.18 Å². The lowest BCUT2D eigenvalue weighted by Crippen LogP contribution is -2.00. The summed E-state index contributed by atoms with van der Waals surface area (Å²) in [4.78, 5) is 11.9. The number of hydrogen-bond donors (Lipinski definition) is 1. The lowest BCUT2D eigenvalue weighted by Gasteiger charge is -2.05. The molecule has 4 heteroatoms. The number of hydrogen-bond acceptors (Lipinski definition) is 2. The zero-order chi connectivity index (χ0) is 13.0. The van der Waals surface area contributed by atoms with Crippen LogP contribution in [0.4, 0.5) is 4.39 Å². The normalized spacial score (nSPS) is 10.3. The molecule has 0 radical (unpaired) electrons. The van der Waals surface area contributed by atoms with Crippen LogP contribution in [0.5, 0.6) is 0 Å². The Balaban J connectivity index is 2.10. The predicted molar refractivity (Wildman–Crippen MR) is 69.4 cm³/mol. The number of carbonyl (C=O) groups is 1. The predicted octanol–water partition coefficient (Wildman–Crippen LogP) is 3.82. The quantitative estimate of drug-likeness (QED) is 0.851. The monoisotopic (exact) mass is 262 g/mol. The minimum atomic E-state index is -0.926. The summed E-state index contributed by atoms with van der Waals surface area (Å²) < 4.78 is 12.7. The number of carboxylic acids is 1. The third-order valence-corrected chi connectivity index (χ3v) is 3.52. The van der Waals surface area contributed by atoms with Gasteiger partial charge in [-0.2, -0.15) is 0 Å². The fraction of sp³-hybridized carbons (Fsp3) is 0.0714. The molecule has 0 heterocycles. The van der Waals surface area contributed by atoms with Gasteiger partial charge in [-0.3, -0.25) is 0 Å². The first-order valence-corrected chi connectivity index (χ1v) is 6.35. The highest BCUT2D eigenvalue weighted by molar-refractivity contribution is 7.98. The maximum Gasteiger partial charge on any atom is 0.335 e. The summed E-state index contributed by atoms with van der Waals surface area (Å²) in [6, 6.07) is 13.1. The third-order valence-electron chi connectivity index (χ3n) is 2.46. The molecule has 1 N–H and O–H groups in total. The molecule has 0 saturated heterocycles. The van der Waals surface area contributed by atoms with Crippen LogP contribution in [-0.4, -0.2) is 11.1 Å². The first-order valence-electron chi connectivity index (χ1n) is 5.36. The van der Waals surface area contributed by atoms with Gasteiger partial charge in [-0.05, 0) is 35.9 Å². The standard InChI is InChI=1S/C14H11FO2S/c15-11-5-7-12(8-6-11)18-9-10-3-1-2-4-13(10)14(16)17/h1-8H,9H2,(H,16,17). The van der Waals surface area contributed by atoms with Gasteiger partial charge in [0.2, 0.25) is 0 Å². The largest absolute Gasteiger partial charge is 0.478 e. The van der Waals surface area contributed by atoms with Crippen LogP contribution < -0.4 is 0 Å². The van der Waals surface area contributed by atoms with Gasteiger partial charge in [0.15, 0.2) is 0 Å². The van der Waals surface area contributed by atoms with Gasteiger partial charge in [-0.15, -0.1) is 11.8 Å². The zero-order valence-electron chi connectivity index (χ0n) is 9.47. The first kappa shape index (κ1) is 12.6. The second kappa shape index (κ2) is 5.69. The Labute approximate surface area is 108 Å². The van der Waals surface area contributed by atoms with E-state index in [0.717, 1.165) is 10.5 Å². The smallest absolute Gasteiger partial charge is 0.335 e. The van der Waals surface area contributed by atoms with Crippen molar-refractivity contribution in [2.75, 3.05) is 0 Å². The van der Waals surface area contributed by atoms with E-state index in [1.807, 2.05) is 6.07 Å². The number of halogens is 1. The van der Waals surface area contributed by atoms with E-state index < -0.39 is 5.97 Å². The molecule has 2 rings (SSSR count). The van der Waals surface area contributed by atoms with Crippen molar-refractivity contribution in [3.63, 3.8) is 0 Å². The number of benzene rings is 2. The molecule has 0 spiro atoms. The van der Waals surface area contributed by atoms with Crippen LogP contribution >= 0.6 is 11.8 Å². The molecule has 0 saturated carbocycles. The minimum absolute atomic E-state index is 0.273. The maximum absolute atomic E-state index is 12.7. The molecule has 0 aliphatic rings. The first-order chi connectivity index (χ1) is 8.66. The van der Waals surface area contributed by atoms with Crippen molar-refractivity contribution in [2.24, 2.45) is 0 Å². The van der Waals surface area contributed by atoms with Crippen molar-refractivity contribution in [1.82, 2.24) is 0 Å². The van der Waals surface area contributed by atoms with Crippen LogP contribution in [0.25, 0.3) is 0 Å². The lowest BCUT2D eigenvalue weighted by molar-refractivity contribution is 0.0696. The second-order valence-corrected chi connectivity index (χ2v) is 4.75. The molecule has 92 valence electrons. The summed E-state index contributed by atoms with van der Waals surface area (Å²) in [6.07, 6.45) is 0. The molecule has 0 aliphatic carbocycles. The maximum atomic E-state index is 12.7. The van der Waals surface area contributed by atoms with Gasteiger partial charge >= 0.3 is 5.97 Å². The van der Waals surface area contributed by atoms with Crippen LogP contribution in [0, 0.1) is 5.82 Å². The molecule has 0 fully saturated rings. The highest BCUT2D eigenvalue weighted by atomic mass is 32.2. The fourth-order valence-electron chi connectivity index (χ4n) is 1.55. The summed E-state index contributed by atoms with van der Waals surface area (Å²) in [5.74, 6) is -0.649. The minimum Gasteiger partial charge on any atom is -0.478 e. The van der Waals surface area contributed by atoms with E-state index in [4.69, 9.17) is 5.11 Å². The Bertz CT molecular complexity index is 552. The highest BCUT2D eigenvalue weighted by Gasteiger charge is 2.08. The Morgan fingerprint density at radius 2 is 1.78 bits per heavy atom. The van der Waals surface area contributed by atoms with Crippen molar-refractivity contribution < 1.29 is 14.3 Å². The topological polar surface area (TPSA) is 37.3 Å². The number of rotatable bonds is 4. The molecule has 2 aromatic rings. The van der Waals surface area contributed by atoms with E-state index in [-0.39, 0.29) is 5.82 Å². The summed E-state index contributed by atoms with van der Waals surface area (Å²) in [5, 5.41) is 9.04. The van der Waals surface area contributed by atoms with Crippen molar-refractivity contribution in [1.29, 1.82) is 0 Å². The van der Waals surface area contributed by atoms with Gasteiger partial charge in [0.1, 0.15) is 5.82 Å². The molecule has 2 nitrogen and oxygen atoms in total. The zero-order valence-corrected chi connectivity index (χ0v) is 10.3. The van der Waals surface area contributed by atoms with Crippen LogP contribution in [0.1, 0.15) is 15.9 Å². The molecular formula is C14H11FO2S. The Morgan fingerprint density at radius 3 is 2.44 bits per heavy atom. The van der Waals surface area contributed by atoms with E-state index in [1.165, 1.54) is 23.9 Å². The molecular weight excluding hydrogens is 251 g/mol. The molecule has 0 unspecified atom stereocenters. The van der Waals surface area contributed by atoms with Crippen LogP contribution in [0.15, 0.2) is 53.4 Å². The summed E-state index contributed by atoms with van der Waals surface area (Å²) in [7, 11) is 0. The van der Waals surface area contributed by atoms with Crippen molar-refractivity contribution in [3.05, 3.63) is 65.5 Å². The number of thioether (sulfide) groups is 1. The van der Waals surface area contributed by atoms with Crippen molar-refractivity contribution in [3.8, 4) is 0 Å². The Hall–Kier alpha value is -1.81. The molecule has 0 amide bonds. The van der Waals surface area contributed by atoms with E-state index >= 15 is 0 Å². The molecule has 2 aromatic carbocycles. The molecule has 0 atom stereocenters. The Morgan fingerprint density at radius 1 is 1.11 bits per heavy atom. The molecule has 0 aliphatic heterocycles.